The van der Waals surface area contributed by atoms with Crippen molar-refractivity contribution in [2.45, 2.75) is 65.6 Å². The molecule has 2 atom stereocenters. The van der Waals surface area contributed by atoms with E-state index in [2.05, 4.69) is 30.2 Å². The Morgan fingerprint density at radius 1 is 1.50 bits per heavy atom. The minimum atomic E-state index is -0.438. The summed E-state index contributed by atoms with van der Waals surface area (Å²) in [5, 5.41) is 3.61. The van der Waals surface area contributed by atoms with Gasteiger partial charge in [0.2, 0.25) is 0 Å². The number of carbonyl (C=O) groups is 1. The van der Waals surface area contributed by atoms with Crippen LogP contribution in [0.5, 0.6) is 0 Å². The summed E-state index contributed by atoms with van der Waals surface area (Å²) in [5.41, 5.74) is 2.04. The van der Waals surface area contributed by atoms with Gasteiger partial charge in [-0.1, -0.05) is 0 Å². The number of ether oxygens (including phenoxy) is 1. The third kappa shape index (κ3) is 5.48. The molecule has 1 aromatic rings. The lowest BCUT2D eigenvalue weighted by molar-refractivity contribution is 0.0148. The van der Waals surface area contributed by atoms with E-state index in [0.29, 0.717) is 12.0 Å². The third-order valence-electron chi connectivity index (χ3n) is 4.57. The van der Waals surface area contributed by atoms with E-state index in [1.165, 1.54) is 11.1 Å². The van der Waals surface area contributed by atoms with Crippen LogP contribution in [0.15, 0.2) is 18.5 Å². The monoisotopic (exact) mass is 333 g/mol. The standard InChI is InChI=1S/C19H31N3O2/c1-14-11-20-9-8-16(14)12-21-15(2)17-7-6-10-22(13-17)18(23)24-19(3,4)5/h8-9,11,15,17,21H,6-7,10,12-13H2,1-5H3. The van der Waals surface area contributed by atoms with Gasteiger partial charge in [-0.2, -0.15) is 0 Å². The Labute approximate surface area is 145 Å². The molecule has 2 unspecified atom stereocenters. The smallest absolute Gasteiger partial charge is 0.410 e. The van der Waals surface area contributed by atoms with Gasteiger partial charge in [-0.15, -0.1) is 0 Å². The van der Waals surface area contributed by atoms with Gasteiger partial charge < -0.3 is 15.0 Å². The number of hydrogen-bond acceptors (Lipinski definition) is 4. The Morgan fingerprint density at radius 2 is 2.25 bits per heavy atom. The van der Waals surface area contributed by atoms with Crippen LogP contribution < -0.4 is 5.32 Å². The van der Waals surface area contributed by atoms with E-state index in [1.54, 1.807) is 0 Å². The van der Waals surface area contributed by atoms with Crippen molar-refractivity contribution in [2.24, 2.45) is 5.92 Å². The summed E-state index contributed by atoms with van der Waals surface area (Å²) in [6.45, 7) is 12.4. The van der Waals surface area contributed by atoms with Crippen molar-refractivity contribution in [2.75, 3.05) is 13.1 Å². The van der Waals surface area contributed by atoms with Gasteiger partial charge in [0.05, 0.1) is 0 Å². The summed E-state index contributed by atoms with van der Waals surface area (Å²) < 4.78 is 5.51. The van der Waals surface area contributed by atoms with E-state index < -0.39 is 5.60 Å². The molecule has 0 spiro atoms. The summed E-state index contributed by atoms with van der Waals surface area (Å²) in [6.07, 6.45) is 5.71. The first-order valence-electron chi connectivity index (χ1n) is 8.87. The van der Waals surface area contributed by atoms with Crippen molar-refractivity contribution in [1.82, 2.24) is 15.2 Å². The molecule has 1 aliphatic rings. The van der Waals surface area contributed by atoms with Crippen LogP contribution >= 0.6 is 0 Å². The van der Waals surface area contributed by atoms with E-state index in [4.69, 9.17) is 4.74 Å². The molecule has 1 N–H and O–H groups in total. The lowest BCUT2D eigenvalue weighted by Gasteiger charge is -2.37. The zero-order valence-corrected chi connectivity index (χ0v) is 15.6. The minimum absolute atomic E-state index is 0.190. The molecular weight excluding hydrogens is 302 g/mol. The van der Waals surface area contributed by atoms with Crippen LogP contribution in [0.2, 0.25) is 0 Å². The van der Waals surface area contributed by atoms with Gasteiger partial charge in [-0.05, 0) is 70.6 Å². The molecule has 0 saturated carbocycles. The lowest BCUT2D eigenvalue weighted by Crippen LogP contribution is -2.47. The zero-order chi connectivity index (χ0) is 17.7. The van der Waals surface area contributed by atoms with Gasteiger partial charge in [-0.25, -0.2) is 4.79 Å². The van der Waals surface area contributed by atoms with Crippen molar-refractivity contribution in [3.05, 3.63) is 29.6 Å². The van der Waals surface area contributed by atoms with E-state index in [9.17, 15) is 4.79 Å². The van der Waals surface area contributed by atoms with Crippen molar-refractivity contribution in [3.63, 3.8) is 0 Å². The molecule has 0 bridgehead atoms. The lowest BCUT2D eigenvalue weighted by atomic mass is 9.91. The molecular formula is C19H31N3O2. The second-order valence-electron chi connectivity index (χ2n) is 7.80. The average molecular weight is 333 g/mol. The summed E-state index contributed by atoms with van der Waals surface area (Å²) in [7, 11) is 0. The summed E-state index contributed by atoms with van der Waals surface area (Å²) in [5.74, 6) is 0.452. The number of amides is 1. The Morgan fingerprint density at radius 3 is 2.92 bits per heavy atom. The molecule has 5 heteroatoms. The highest BCUT2D eigenvalue weighted by atomic mass is 16.6. The molecule has 1 saturated heterocycles. The Balaban J connectivity index is 1.87. The van der Waals surface area contributed by atoms with Gasteiger partial charge in [0, 0.05) is 38.1 Å². The van der Waals surface area contributed by atoms with E-state index in [0.717, 1.165) is 32.5 Å². The van der Waals surface area contributed by atoms with Crippen LogP contribution in [0.1, 0.15) is 51.7 Å². The molecule has 5 nitrogen and oxygen atoms in total. The number of nitrogens with one attached hydrogen (secondary N) is 1. The number of carbonyl (C=O) groups excluding carboxylic acids is 1. The van der Waals surface area contributed by atoms with Crippen molar-refractivity contribution in [1.29, 1.82) is 0 Å². The second-order valence-corrected chi connectivity index (χ2v) is 7.80. The van der Waals surface area contributed by atoms with Gasteiger partial charge >= 0.3 is 6.09 Å². The fourth-order valence-electron chi connectivity index (χ4n) is 3.05. The molecule has 1 fully saturated rings. The maximum absolute atomic E-state index is 12.3. The van der Waals surface area contributed by atoms with E-state index in [-0.39, 0.29) is 6.09 Å². The average Bonchev–Trinajstić information content (AvgIpc) is 2.52. The largest absolute Gasteiger partial charge is 0.444 e. The molecule has 0 aliphatic carbocycles. The first-order valence-corrected chi connectivity index (χ1v) is 8.87. The maximum atomic E-state index is 12.3. The van der Waals surface area contributed by atoms with Gasteiger partial charge in [0.1, 0.15) is 5.60 Å². The predicted molar refractivity (Wildman–Crippen MR) is 95.8 cm³/mol. The Kier molecular flexibility index (Phi) is 6.21. The first kappa shape index (κ1) is 18.7. The highest BCUT2D eigenvalue weighted by Gasteiger charge is 2.29. The fourth-order valence-corrected chi connectivity index (χ4v) is 3.05. The SMILES string of the molecule is Cc1cnccc1CNC(C)C1CCCN(C(=O)OC(C)(C)C)C1. The number of aryl methyl sites for hydroxylation is 1. The molecule has 0 aromatic carbocycles. The number of rotatable bonds is 4. The molecule has 2 rings (SSSR count). The van der Waals surface area contributed by atoms with Crippen LogP contribution in [0.4, 0.5) is 4.79 Å². The molecule has 134 valence electrons. The predicted octanol–water partition coefficient (Wildman–Crippen LogP) is 3.52. The zero-order valence-electron chi connectivity index (χ0n) is 15.6. The van der Waals surface area contributed by atoms with Crippen molar-refractivity contribution < 1.29 is 9.53 Å². The van der Waals surface area contributed by atoms with Gasteiger partial charge in [0.15, 0.2) is 0 Å². The molecule has 1 aliphatic heterocycles. The quantitative estimate of drug-likeness (QED) is 0.916. The maximum Gasteiger partial charge on any atom is 0.410 e. The highest BCUT2D eigenvalue weighted by molar-refractivity contribution is 5.68. The molecule has 1 amide bonds. The van der Waals surface area contributed by atoms with Crippen LogP contribution in [-0.4, -0.2) is 40.7 Å². The normalized spacial score (nSPS) is 19.9. The van der Waals surface area contributed by atoms with Crippen LogP contribution in [0.3, 0.4) is 0 Å². The molecule has 2 heterocycles. The van der Waals surface area contributed by atoms with Crippen molar-refractivity contribution in [3.8, 4) is 0 Å². The third-order valence-corrected chi connectivity index (χ3v) is 4.57. The summed E-state index contributed by atoms with van der Waals surface area (Å²) in [4.78, 5) is 18.3. The minimum Gasteiger partial charge on any atom is -0.444 e. The number of hydrogen-bond donors (Lipinski definition) is 1. The number of aromatic nitrogens is 1. The van der Waals surface area contributed by atoms with Crippen molar-refractivity contribution >= 4 is 6.09 Å². The number of likely N-dealkylation sites (tertiary alicyclic amines) is 1. The second kappa shape index (κ2) is 7.97. The Bertz CT molecular complexity index is 554. The van der Waals surface area contributed by atoms with Crippen LogP contribution in [-0.2, 0) is 11.3 Å². The number of pyridine rings is 1. The molecule has 24 heavy (non-hydrogen) atoms. The Hall–Kier alpha value is -1.62. The number of nitrogens with zero attached hydrogens (tertiary/aromatic N) is 2. The fraction of sp³-hybridized carbons (Fsp3) is 0.684. The molecule has 1 aromatic heterocycles. The topological polar surface area (TPSA) is 54.5 Å². The van der Waals surface area contributed by atoms with E-state index >= 15 is 0 Å². The van der Waals surface area contributed by atoms with Gasteiger partial charge in [-0.3, -0.25) is 4.98 Å². The highest BCUT2D eigenvalue weighted by Crippen LogP contribution is 2.22. The van der Waals surface area contributed by atoms with Gasteiger partial charge in [0.25, 0.3) is 0 Å². The summed E-state index contributed by atoms with van der Waals surface area (Å²) in [6, 6.07) is 2.41. The van der Waals surface area contributed by atoms with E-state index in [1.807, 2.05) is 38.1 Å². The summed E-state index contributed by atoms with van der Waals surface area (Å²) >= 11 is 0. The van der Waals surface area contributed by atoms with Crippen LogP contribution in [0.25, 0.3) is 0 Å². The molecule has 0 radical (unpaired) electrons. The first-order chi connectivity index (χ1) is 11.3. The number of piperidine rings is 1. The van der Waals surface area contributed by atoms with Crippen LogP contribution in [0, 0.1) is 12.8 Å².